The third-order valence-electron chi connectivity index (χ3n) is 3.65. The van der Waals surface area contributed by atoms with Crippen LogP contribution >= 0.6 is 22.7 Å². The van der Waals surface area contributed by atoms with Gasteiger partial charge in [-0.1, -0.05) is 38.1 Å². The minimum absolute atomic E-state index is 0.127. The Labute approximate surface area is 153 Å². The second-order valence-corrected chi connectivity index (χ2v) is 7.58. The highest BCUT2D eigenvalue weighted by Crippen LogP contribution is 2.26. The number of carbonyl (C=O) groups excluding carboxylic acids is 2. The number of rotatable bonds is 5. The van der Waals surface area contributed by atoms with Gasteiger partial charge in [0.05, 0.1) is 0 Å². The minimum atomic E-state index is -0.328. The van der Waals surface area contributed by atoms with E-state index in [9.17, 15) is 9.59 Å². The van der Waals surface area contributed by atoms with Gasteiger partial charge in [-0.2, -0.15) is 0 Å². The lowest BCUT2D eigenvalue weighted by Crippen LogP contribution is -2.12. The molecule has 0 aliphatic heterocycles. The molecule has 2 heterocycles. The number of nitrogens with one attached hydrogen (secondary N) is 1. The van der Waals surface area contributed by atoms with Crippen LogP contribution < -0.4 is 5.32 Å². The van der Waals surface area contributed by atoms with E-state index in [0.717, 1.165) is 10.6 Å². The Morgan fingerprint density at radius 1 is 1.00 bits per heavy atom. The third-order valence-corrected chi connectivity index (χ3v) is 5.30. The number of hydrogen-bond donors (Lipinski definition) is 1. The monoisotopic (exact) mass is 371 g/mol. The van der Waals surface area contributed by atoms with Crippen molar-refractivity contribution < 1.29 is 9.59 Å². The van der Waals surface area contributed by atoms with Crippen LogP contribution in [-0.2, 0) is 0 Å². The van der Waals surface area contributed by atoms with Crippen molar-refractivity contribution >= 4 is 39.5 Å². The molecule has 0 atom stereocenters. The van der Waals surface area contributed by atoms with E-state index >= 15 is 0 Å². The number of ketones is 1. The Hall–Kier alpha value is -2.38. The Balaban J connectivity index is 1.73. The topological polar surface area (TPSA) is 72.0 Å². The quantitative estimate of drug-likeness (QED) is 0.651. The fraction of sp³-hybridized carbons (Fsp3) is 0.222. The van der Waals surface area contributed by atoms with Crippen LogP contribution in [0.25, 0.3) is 10.6 Å². The number of aromatic nitrogens is 2. The second-order valence-electron chi connectivity index (χ2n) is 5.86. The Kier molecular flexibility index (Phi) is 5.06. The number of Topliss-reactive ketones (excluding diaryl/α,β-unsaturated/α-hetero) is 1. The maximum Gasteiger partial charge on any atom is 0.276 e. The minimum Gasteiger partial charge on any atom is -0.296 e. The highest BCUT2D eigenvalue weighted by molar-refractivity contribution is 7.14. The maximum absolute atomic E-state index is 12.3. The number of carbonyl (C=O) groups is 2. The summed E-state index contributed by atoms with van der Waals surface area (Å²) in [6.45, 7) is 5.74. The molecule has 2 aromatic heterocycles. The molecule has 0 aliphatic carbocycles. The summed E-state index contributed by atoms with van der Waals surface area (Å²) in [6, 6.07) is 8.21. The van der Waals surface area contributed by atoms with Crippen molar-refractivity contribution in [1.82, 2.24) is 9.97 Å². The molecule has 0 saturated carbocycles. The van der Waals surface area contributed by atoms with Crippen LogP contribution in [0.2, 0.25) is 0 Å². The smallest absolute Gasteiger partial charge is 0.276 e. The molecule has 7 heteroatoms. The van der Waals surface area contributed by atoms with Gasteiger partial charge in [0.25, 0.3) is 5.91 Å². The first-order chi connectivity index (χ1) is 11.9. The van der Waals surface area contributed by atoms with Gasteiger partial charge in [0.2, 0.25) is 0 Å². The zero-order valence-electron chi connectivity index (χ0n) is 14.1. The van der Waals surface area contributed by atoms with Gasteiger partial charge in [-0.15, -0.1) is 22.7 Å². The second kappa shape index (κ2) is 7.25. The molecule has 3 aromatic rings. The van der Waals surface area contributed by atoms with Crippen molar-refractivity contribution in [3.63, 3.8) is 0 Å². The number of thiazole rings is 2. The largest absolute Gasteiger partial charge is 0.296 e. The summed E-state index contributed by atoms with van der Waals surface area (Å²) in [7, 11) is 0. The SMILES string of the molecule is CC(=O)c1csc(NC(=O)c2csc(-c3ccc(C(C)C)cc3)n2)n1. The zero-order chi connectivity index (χ0) is 18.0. The van der Waals surface area contributed by atoms with Crippen LogP contribution in [0, 0.1) is 0 Å². The molecular weight excluding hydrogens is 354 g/mol. The first-order valence-corrected chi connectivity index (χ1v) is 9.53. The van der Waals surface area contributed by atoms with Gasteiger partial charge in [0.1, 0.15) is 16.4 Å². The van der Waals surface area contributed by atoms with Gasteiger partial charge >= 0.3 is 0 Å². The highest BCUT2D eigenvalue weighted by Gasteiger charge is 2.15. The maximum atomic E-state index is 12.3. The van der Waals surface area contributed by atoms with Crippen molar-refractivity contribution in [2.75, 3.05) is 5.32 Å². The molecule has 0 unspecified atom stereocenters. The first kappa shape index (κ1) is 17.4. The Bertz CT molecular complexity index is 911. The third kappa shape index (κ3) is 4.00. The molecule has 0 fully saturated rings. The van der Waals surface area contributed by atoms with Gasteiger partial charge in [0.15, 0.2) is 10.9 Å². The van der Waals surface area contributed by atoms with E-state index < -0.39 is 0 Å². The average molecular weight is 371 g/mol. The molecule has 1 aromatic carbocycles. The van der Waals surface area contributed by atoms with Gasteiger partial charge in [0, 0.05) is 23.2 Å². The van der Waals surface area contributed by atoms with Crippen molar-refractivity contribution in [3.8, 4) is 10.6 Å². The van der Waals surface area contributed by atoms with Crippen LogP contribution in [0.3, 0.4) is 0 Å². The molecule has 0 spiro atoms. The number of nitrogens with zero attached hydrogens (tertiary/aromatic N) is 2. The summed E-state index contributed by atoms with van der Waals surface area (Å²) in [5, 5.41) is 7.22. The number of hydrogen-bond acceptors (Lipinski definition) is 6. The Morgan fingerprint density at radius 2 is 1.68 bits per heavy atom. The summed E-state index contributed by atoms with van der Waals surface area (Å²) in [5.74, 6) is 0.0214. The average Bonchev–Trinajstić information content (AvgIpc) is 3.24. The van der Waals surface area contributed by atoms with Gasteiger partial charge in [-0.05, 0) is 11.5 Å². The highest BCUT2D eigenvalue weighted by atomic mass is 32.1. The van der Waals surface area contributed by atoms with Gasteiger partial charge < -0.3 is 0 Å². The van der Waals surface area contributed by atoms with Crippen LogP contribution in [-0.4, -0.2) is 21.7 Å². The number of benzene rings is 1. The lowest BCUT2D eigenvalue weighted by molar-refractivity contribution is 0.100. The van der Waals surface area contributed by atoms with E-state index in [1.165, 1.54) is 35.2 Å². The van der Waals surface area contributed by atoms with E-state index in [2.05, 4.69) is 41.3 Å². The van der Waals surface area contributed by atoms with Crippen molar-refractivity contribution in [3.05, 3.63) is 52.0 Å². The van der Waals surface area contributed by atoms with E-state index in [-0.39, 0.29) is 11.7 Å². The van der Waals surface area contributed by atoms with Gasteiger partial charge in [-0.25, -0.2) is 9.97 Å². The molecule has 1 amide bonds. The first-order valence-electron chi connectivity index (χ1n) is 7.77. The molecule has 0 bridgehead atoms. The summed E-state index contributed by atoms with van der Waals surface area (Å²) >= 11 is 2.64. The van der Waals surface area contributed by atoms with E-state index in [1.54, 1.807) is 10.8 Å². The molecule has 1 N–H and O–H groups in total. The summed E-state index contributed by atoms with van der Waals surface area (Å²) < 4.78 is 0. The Morgan fingerprint density at radius 3 is 2.28 bits per heavy atom. The normalized spacial score (nSPS) is 10.9. The molecular formula is C18H17N3O2S2. The standard InChI is InChI=1S/C18H17N3O2S2/c1-10(2)12-4-6-13(7-5-12)17-19-15(9-24-17)16(23)21-18-20-14(8-25-18)11(3)22/h4-10H,1-3H3,(H,20,21,23). The van der Waals surface area contributed by atoms with Crippen LogP contribution in [0.15, 0.2) is 35.0 Å². The lowest BCUT2D eigenvalue weighted by atomic mass is 10.0. The fourth-order valence-corrected chi connectivity index (χ4v) is 3.73. The number of amides is 1. The van der Waals surface area contributed by atoms with E-state index in [4.69, 9.17) is 0 Å². The summed E-state index contributed by atoms with van der Waals surface area (Å²) in [5.41, 5.74) is 2.95. The van der Waals surface area contributed by atoms with Crippen molar-refractivity contribution in [2.45, 2.75) is 26.7 Å². The lowest BCUT2D eigenvalue weighted by Gasteiger charge is -2.05. The molecule has 0 radical (unpaired) electrons. The van der Waals surface area contributed by atoms with Crippen LogP contribution in [0.4, 0.5) is 5.13 Å². The predicted octanol–water partition coefficient (Wildman–Crippen LogP) is 4.84. The van der Waals surface area contributed by atoms with Gasteiger partial charge in [-0.3, -0.25) is 14.9 Å². The van der Waals surface area contributed by atoms with E-state index in [0.29, 0.717) is 22.4 Å². The number of anilines is 1. The molecule has 25 heavy (non-hydrogen) atoms. The van der Waals surface area contributed by atoms with Crippen LogP contribution in [0.1, 0.15) is 53.2 Å². The molecule has 0 aliphatic rings. The summed E-state index contributed by atoms with van der Waals surface area (Å²) in [6.07, 6.45) is 0. The van der Waals surface area contributed by atoms with Crippen molar-refractivity contribution in [2.24, 2.45) is 0 Å². The molecule has 0 saturated heterocycles. The predicted molar refractivity (Wildman–Crippen MR) is 102 cm³/mol. The van der Waals surface area contributed by atoms with Crippen LogP contribution in [0.5, 0.6) is 0 Å². The molecule has 3 rings (SSSR count). The molecule has 5 nitrogen and oxygen atoms in total. The zero-order valence-corrected chi connectivity index (χ0v) is 15.7. The summed E-state index contributed by atoms with van der Waals surface area (Å²) in [4.78, 5) is 32.0. The van der Waals surface area contributed by atoms with Crippen molar-refractivity contribution in [1.29, 1.82) is 0 Å². The fourth-order valence-electron chi connectivity index (χ4n) is 2.18. The molecule has 128 valence electrons. The van der Waals surface area contributed by atoms with E-state index in [1.807, 2.05) is 12.1 Å².